The van der Waals surface area contributed by atoms with Crippen molar-refractivity contribution in [1.29, 1.82) is 0 Å². The zero-order chi connectivity index (χ0) is 13.1. The van der Waals surface area contributed by atoms with Crippen LogP contribution in [0.25, 0.3) is 10.8 Å². The molecule has 0 saturated heterocycles. The lowest BCUT2D eigenvalue weighted by molar-refractivity contribution is 1.17. The summed E-state index contributed by atoms with van der Waals surface area (Å²) in [7, 11) is 0. The largest absolute Gasteiger partial charge is 0.122 e. The van der Waals surface area contributed by atoms with Gasteiger partial charge in [-0.15, -0.1) is 11.6 Å². The summed E-state index contributed by atoms with van der Waals surface area (Å²) < 4.78 is 0. The molecular formula is C18H15Cl. The van der Waals surface area contributed by atoms with E-state index < -0.39 is 0 Å². The van der Waals surface area contributed by atoms with E-state index >= 15 is 0 Å². The van der Waals surface area contributed by atoms with Gasteiger partial charge >= 0.3 is 0 Å². The van der Waals surface area contributed by atoms with E-state index in [1.165, 1.54) is 27.5 Å². The summed E-state index contributed by atoms with van der Waals surface area (Å²) >= 11 is 6.10. The molecular weight excluding hydrogens is 252 g/mol. The third-order valence-electron chi connectivity index (χ3n) is 3.51. The summed E-state index contributed by atoms with van der Waals surface area (Å²) in [6, 6.07) is 23.4. The maximum absolute atomic E-state index is 6.10. The Morgan fingerprint density at radius 2 is 1.47 bits per heavy atom. The predicted octanol–water partition coefficient (Wildman–Crippen LogP) is 5.17. The molecule has 0 fully saturated rings. The fraction of sp³-hybridized carbons (Fsp3) is 0.111. The quantitative estimate of drug-likeness (QED) is 0.574. The van der Waals surface area contributed by atoms with Crippen molar-refractivity contribution < 1.29 is 0 Å². The number of hydrogen-bond donors (Lipinski definition) is 0. The van der Waals surface area contributed by atoms with E-state index in [1.807, 2.05) is 0 Å². The summed E-state index contributed by atoms with van der Waals surface area (Å²) in [5.74, 6) is 0.563. The predicted molar refractivity (Wildman–Crippen MR) is 82.8 cm³/mol. The van der Waals surface area contributed by atoms with Crippen LogP contribution < -0.4 is 0 Å². The second kappa shape index (κ2) is 5.46. The first-order chi connectivity index (χ1) is 9.38. The van der Waals surface area contributed by atoms with Crippen molar-refractivity contribution in [3.8, 4) is 0 Å². The van der Waals surface area contributed by atoms with Crippen molar-refractivity contribution in [2.24, 2.45) is 0 Å². The Bertz CT molecular complexity index is 686. The summed E-state index contributed by atoms with van der Waals surface area (Å²) in [6.07, 6.45) is 0.935. The zero-order valence-corrected chi connectivity index (χ0v) is 11.4. The molecule has 0 saturated carbocycles. The molecule has 0 unspecified atom stereocenters. The fourth-order valence-corrected chi connectivity index (χ4v) is 2.77. The molecule has 3 rings (SSSR count). The number of benzene rings is 3. The fourth-order valence-electron chi connectivity index (χ4n) is 2.52. The molecule has 0 amide bonds. The molecule has 0 heterocycles. The van der Waals surface area contributed by atoms with E-state index in [4.69, 9.17) is 11.6 Å². The molecule has 94 valence electrons. The molecule has 0 aliphatic heterocycles. The average Bonchev–Trinajstić information content (AvgIpc) is 2.49. The van der Waals surface area contributed by atoms with Gasteiger partial charge < -0.3 is 0 Å². The molecule has 3 aromatic carbocycles. The Morgan fingerprint density at radius 1 is 0.737 bits per heavy atom. The van der Waals surface area contributed by atoms with Crippen molar-refractivity contribution in [1.82, 2.24) is 0 Å². The van der Waals surface area contributed by atoms with Gasteiger partial charge in [-0.2, -0.15) is 0 Å². The number of fused-ring (bicyclic) bond motifs is 1. The van der Waals surface area contributed by atoms with Crippen LogP contribution in [0.15, 0.2) is 66.7 Å². The summed E-state index contributed by atoms with van der Waals surface area (Å²) in [5, 5.41) is 2.59. The molecule has 0 atom stereocenters. The van der Waals surface area contributed by atoms with Crippen LogP contribution in [0.3, 0.4) is 0 Å². The van der Waals surface area contributed by atoms with E-state index in [0.29, 0.717) is 5.88 Å². The maximum atomic E-state index is 6.10. The number of halogens is 1. The van der Waals surface area contributed by atoms with Gasteiger partial charge in [0.15, 0.2) is 0 Å². The van der Waals surface area contributed by atoms with Crippen molar-refractivity contribution in [3.63, 3.8) is 0 Å². The Morgan fingerprint density at radius 3 is 2.26 bits per heavy atom. The van der Waals surface area contributed by atoms with Gasteiger partial charge in [0.05, 0.1) is 0 Å². The first-order valence-corrected chi connectivity index (χ1v) is 7.01. The molecule has 0 aromatic heterocycles. The minimum atomic E-state index is 0.563. The van der Waals surface area contributed by atoms with Crippen LogP contribution >= 0.6 is 11.6 Å². The van der Waals surface area contributed by atoms with Crippen LogP contribution in [0.2, 0.25) is 0 Å². The molecule has 19 heavy (non-hydrogen) atoms. The molecule has 0 aliphatic rings. The number of rotatable bonds is 3. The van der Waals surface area contributed by atoms with E-state index in [1.54, 1.807) is 0 Å². The highest BCUT2D eigenvalue weighted by Gasteiger charge is 2.07. The van der Waals surface area contributed by atoms with Gasteiger partial charge in [-0.25, -0.2) is 0 Å². The van der Waals surface area contributed by atoms with E-state index in [2.05, 4.69) is 66.7 Å². The average molecular weight is 267 g/mol. The smallest absolute Gasteiger partial charge is 0.0477 e. The molecule has 0 spiro atoms. The molecule has 1 heteroatoms. The third-order valence-corrected chi connectivity index (χ3v) is 3.79. The standard InChI is InChI=1S/C18H15Cl/c19-13-16-11-10-15-8-4-5-9-17(15)18(16)12-14-6-2-1-3-7-14/h1-11H,12-13H2. The molecule has 0 nitrogen and oxygen atoms in total. The topological polar surface area (TPSA) is 0 Å². The highest BCUT2D eigenvalue weighted by molar-refractivity contribution is 6.17. The first-order valence-electron chi connectivity index (χ1n) is 6.48. The van der Waals surface area contributed by atoms with Gasteiger partial charge in [0.2, 0.25) is 0 Å². The summed E-state index contributed by atoms with van der Waals surface area (Å²) in [5.41, 5.74) is 3.90. The van der Waals surface area contributed by atoms with Crippen molar-refractivity contribution >= 4 is 22.4 Å². The Hall–Kier alpha value is -1.79. The van der Waals surface area contributed by atoms with Gasteiger partial charge in [0.25, 0.3) is 0 Å². The van der Waals surface area contributed by atoms with Gasteiger partial charge in [0, 0.05) is 5.88 Å². The molecule has 3 aromatic rings. The van der Waals surface area contributed by atoms with Crippen molar-refractivity contribution in [2.75, 3.05) is 0 Å². The minimum absolute atomic E-state index is 0.563. The van der Waals surface area contributed by atoms with Crippen molar-refractivity contribution in [2.45, 2.75) is 12.3 Å². The van der Waals surface area contributed by atoms with Crippen LogP contribution in [0.4, 0.5) is 0 Å². The lowest BCUT2D eigenvalue weighted by atomic mass is 9.94. The maximum Gasteiger partial charge on any atom is 0.0477 e. The molecule has 0 aliphatic carbocycles. The molecule has 0 bridgehead atoms. The van der Waals surface area contributed by atoms with Crippen molar-refractivity contribution in [3.05, 3.63) is 83.4 Å². The lowest BCUT2D eigenvalue weighted by Gasteiger charge is -2.11. The highest BCUT2D eigenvalue weighted by Crippen LogP contribution is 2.26. The minimum Gasteiger partial charge on any atom is -0.122 e. The van der Waals surface area contributed by atoms with Crippen LogP contribution in [-0.4, -0.2) is 0 Å². The second-order valence-corrected chi connectivity index (χ2v) is 4.99. The number of alkyl halides is 1. The van der Waals surface area contributed by atoms with Crippen LogP contribution in [0.5, 0.6) is 0 Å². The molecule has 0 radical (unpaired) electrons. The first kappa shape index (κ1) is 12.3. The SMILES string of the molecule is ClCc1ccc2ccccc2c1Cc1ccccc1. The second-order valence-electron chi connectivity index (χ2n) is 4.72. The Balaban J connectivity index is 2.15. The van der Waals surface area contributed by atoms with E-state index in [-0.39, 0.29) is 0 Å². The summed E-state index contributed by atoms with van der Waals surface area (Å²) in [4.78, 5) is 0. The zero-order valence-electron chi connectivity index (χ0n) is 10.6. The normalized spacial score (nSPS) is 10.8. The number of hydrogen-bond acceptors (Lipinski definition) is 0. The Kier molecular flexibility index (Phi) is 3.52. The lowest BCUT2D eigenvalue weighted by Crippen LogP contribution is -1.95. The highest BCUT2D eigenvalue weighted by atomic mass is 35.5. The monoisotopic (exact) mass is 266 g/mol. The van der Waals surface area contributed by atoms with Gasteiger partial charge in [-0.3, -0.25) is 0 Å². The van der Waals surface area contributed by atoms with E-state index in [0.717, 1.165) is 6.42 Å². The third kappa shape index (κ3) is 2.50. The van der Waals surface area contributed by atoms with Gasteiger partial charge in [-0.05, 0) is 33.9 Å². The summed E-state index contributed by atoms with van der Waals surface area (Å²) in [6.45, 7) is 0. The molecule has 0 N–H and O–H groups in total. The van der Waals surface area contributed by atoms with Gasteiger partial charge in [-0.1, -0.05) is 66.7 Å². The van der Waals surface area contributed by atoms with Crippen LogP contribution in [0.1, 0.15) is 16.7 Å². The van der Waals surface area contributed by atoms with Crippen LogP contribution in [0, 0.1) is 0 Å². The van der Waals surface area contributed by atoms with Crippen LogP contribution in [-0.2, 0) is 12.3 Å². The Labute approximate surface area is 118 Å². The van der Waals surface area contributed by atoms with E-state index in [9.17, 15) is 0 Å². The van der Waals surface area contributed by atoms with Gasteiger partial charge in [0.1, 0.15) is 0 Å².